The smallest absolute Gasteiger partial charge is 0.325 e. The Balaban J connectivity index is 1.01. The molecule has 49 heavy (non-hydrogen) atoms. The Labute approximate surface area is 294 Å². The summed E-state index contributed by atoms with van der Waals surface area (Å²) in [4.78, 5) is 31.5. The number of nitrogens with zero attached hydrogens (tertiary/aromatic N) is 3. The van der Waals surface area contributed by atoms with Gasteiger partial charge in [-0.1, -0.05) is 68.5 Å². The van der Waals surface area contributed by atoms with Crippen molar-refractivity contribution in [2.24, 2.45) is 11.0 Å². The zero-order valence-electron chi connectivity index (χ0n) is 27.3. The van der Waals surface area contributed by atoms with E-state index in [9.17, 15) is 14.7 Å². The summed E-state index contributed by atoms with van der Waals surface area (Å²) in [6.45, 7) is 5.43. The largest absolute Gasteiger partial charge is 0.480 e. The van der Waals surface area contributed by atoms with Gasteiger partial charge < -0.3 is 10.0 Å². The molecule has 0 saturated heterocycles. The van der Waals surface area contributed by atoms with Gasteiger partial charge in [-0.2, -0.15) is 5.10 Å². The molecular weight excluding hydrogens is 647 g/mol. The van der Waals surface area contributed by atoms with Crippen LogP contribution in [0.3, 0.4) is 0 Å². The number of rotatable bonds is 10. The lowest BCUT2D eigenvalue weighted by Gasteiger charge is -2.27. The Morgan fingerprint density at radius 2 is 1.59 bits per heavy atom. The number of aliphatic carboxylic acids is 1. The van der Waals surface area contributed by atoms with Gasteiger partial charge in [-0.25, -0.2) is 5.01 Å². The molecule has 1 saturated carbocycles. The molecule has 8 heteroatoms. The number of carboxylic acids is 1. The summed E-state index contributed by atoms with van der Waals surface area (Å²) < 4.78 is 0. The van der Waals surface area contributed by atoms with Crippen LogP contribution in [0.5, 0.6) is 0 Å². The van der Waals surface area contributed by atoms with E-state index in [0.29, 0.717) is 24.8 Å². The maximum absolute atomic E-state index is 12.9. The molecule has 5 aromatic rings. The number of anilines is 2. The number of hydrogen-bond donors (Lipinski definition) is 1. The number of hydrazone groups is 1. The third kappa shape index (κ3) is 5.83. The minimum Gasteiger partial charge on any atom is -0.480 e. The molecule has 0 spiro atoms. The second-order valence-electron chi connectivity index (χ2n) is 13.0. The molecule has 1 N–H and O–H groups in total. The fraction of sp³-hybridized carbons (Fsp3) is 0.244. The Kier molecular flexibility index (Phi) is 8.30. The molecule has 4 heterocycles. The third-order valence-electron chi connectivity index (χ3n) is 10.2. The highest BCUT2D eigenvalue weighted by molar-refractivity contribution is 7.23. The number of carbonyl (C=O) groups is 2. The van der Waals surface area contributed by atoms with Crippen molar-refractivity contribution < 1.29 is 14.7 Å². The van der Waals surface area contributed by atoms with Crippen molar-refractivity contribution in [1.29, 1.82) is 0 Å². The van der Waals surface area contributed by atoms with Crippen molar-refractivity contribution in [2.75, 3.05) is 11.4 Å². The van der Waals surface area contributed by atoms with Gasteiger partial charge in [0.1, 0.15) is 6.54 Å². The van der Waals surface area contributed by atoms with Crippen molar-refractivity contribution in [2.45, 2.75) is 51.0 Å². The lowest BCUT2D eigenvalue weighted by molar-refractivity contribution is -0.144. The van der Waals surface area contributed by atoms with Gasteiger partial charge in [0.15, 0.2) is 0 Å². The summed E-state index contributed by atoms with van der Waals surface area (Å²) in [6, 6.07) is 33.8. The number of amides is 1. The van der Waals surface area contributed by atoms with E-state index in [-0.39, 0.29) is 5.91 Å². The van der Waals surface area contributed by atoms with Gasteiger partial charge in [0.2, 0.25) is 0 Å². The van der Waals surface area contributed by atoms with Crippen LogP contribution >= 0.6 is 22.7 Å². The van der Waals surface area contributed by atoms with E-state index in [0.717, 1.165) is 21.2 Å². The lowest BCUT2D eigenvalue weighted by atomic mass is 9.95. The maximum atomic E-state index is 12.9. The minimum atomic E-state index is -1.05. The summed E-state index contributed by atoms with van der Waals surface area (Å²) in [5, 5.41) is 14.6. The Hall–Kier alpha value is -4.79. The van der Waals surface area contributed by atoms with Gasteiger partial charge in [0, 0.05) is 42.8 Å². The highest BCUT2D eigenvalue weighted by atomic mass is 32.1. The molecule has 2 aliphatic heterocycles. The monoisotopic (exact) mass is 683 g/mol. The summed E-state index contributed by atoms with van der Waals surface area (Å²) in [5.41, 5.74) is 9.63. The van der Waals surface area contributed by atoms with Crippen LogP contribution in [0.25, 0.3) is 37.4 Å². The molecule has 6 nitrogen and oxygen atoms in total. The van der Waals surface area contributed by atoms with E-state index in [2.05, 4.69) is 108 Å². The number of carboxylic acid groups (broad SMARTS) is 1. The topological polar surface area (TPSA) is 73.2 Å². The van der Waals surface area contributed by atoms with Crippen LogP contribution < -0.4 is 4.90 Å². The van der Waals surface area contributed by atoms with Crippen LogP contribution in [-0.2, 0) is 16.0 Å². The molecule has 1 fully saturated rings. The molecule has 3 aromatic carbocycles. The van der Waals surface area contributed by atoms with E-state index in [1.165, 1.54) is 67.5 Å². The zero-order valence-corrected chi connectivity index (χ0v) is 29.0. The first kappa shape index (κ1) is 31.5. The van der Waals surface area contributed by atoms with E-state index in [1.807, 2.05) is 13.0 Å². The number of fused-ring (bicyclic) bond motifs is 3. The molecule has 2 aromatic heterocycles. The first-order valence-electron chi connectivity index (χ1n) is 17.0. The Bertz CT molecular complexity index is 2090. The highest BCUT2D eigenvalue weighted by Gasteiger charge is 2.42. The summed E-state index contributed by atoms with van der Waals surface area (Å²) in [6.07, 6.45) is 6.72. The quantitative estimate of drug-likeness (QED) is 0.159. The Morgan fingerprint density at radius 3 is 2.33 bits per heavy atom. The van der Waals surface area contributed by atoms with Crippen molar-refractivity contribution in [3.63, 3.8) is 0 Å². The molecule has 246 valence electrons. The summed E-state index contributed by atoms with van der Waals surface area (Å²) in [7, 11) is 0. The van der Waals surface area contributed by atoms with E-state index in [4.69, 9.17) is 0 Å². The SMILES string of the molecule is C=Cc1ccc(-c2ccc(N3c4ccc(-c5ccc(-c6ccc(CC7C(=O)N(CC(=O)O)N=C7CC)s6)s5)cc4C4CCCC43)cc2)cc1. The number of carbonyl (C=O) groups excluding carboxylic acids is 1. The average molecular weight is 684 g/mol. The molecule has 3 aliphatic rings. The second kappa shape index (κ2) is 12.9. The van der Waals surface area contributed by atoms with Crippen molar-refractivity contribution in [1.82, 2.24) is 5.01 Å². The fourth-order valence-corrected chi connectivity index (χ4v) is 9.92. The third-order valence-corrected chi connectivity index (χ3v) is 12.6. The lowest BCUT2D eigenvalue weighted by Crippen LogP contribution is -2.32. The van der Waals surface area contributed by atoms with Crippen LogP contribution in [0.2, 0.25) is 0 Å². The number of thiophene rings is 2. The van der Waals surface area contributed by atoms with Crippen LogP contribution in [0, 0.1) is 5.92 Å². The van der Waals surface area contributed by atoms with Crippen LogP contribution in [-0.4, -0.2) is 40.3 Å². The molecular formula is C41H37N3O3S2. The van der Waals surface area contributed by atoms with Gasteiger partial charge in [0.05, 0.1) is 11.6 Å². The first-order valence-corrected chi connectivity index (χ1v) is 18.6. The minimum absolute atomic E-state index is 0.223. The predicted molar refractivity (Wildman–Crippen MR) is 202 cm³/mol. The van der Waals surface area contributed by atoms with Crippen LogP contribution in [0.1, 0.15) is 54.5 Å². The molecule has 3 atom stereocenters. The number of benzene rings is 3. The normalized spacial score (nSPS) is 19.7. The van der Waals surface area contributed by atoms with Gasteiger partial charge in [0.25, 0.3) is 5.91 Å². The van der Waals surface area contributed by atoms with E-state index < -0.39 is 18.4 Å². The molecule has 1 aliphatic carbocycles. The van der Waals surface area contributed by atoms with Gasteiger partial charge in [-0.05, 0) is 102 Å². The van der Waals surface area contributed by atoms with Crippen molar-refractivity contribution in [3.8, 4) is 31.3 Å². The van der Waals surface area contributed by atoms with E-state index >= 15 is 0 Å². The fourth-order valence-electron chi connectivity index (χ4n) is 7.78. The summed E-state index contributed by atoms with van der Waals surface area (Å²) >= 11 is 3.51. The van der Waals surface area contributed by atoms with Gasteiger partial charge in [-0.15, -0.1) is 22.7 Å². The van der Waals surface area contributed by atoms with Crippen LogP contribution in [0.15, 0.2) is 103 Å². The van der Waals surface area contributed by atoms with Crippen molar-refractivity contribution in [3.05, 3.63) is 114 Å². The van der Waals surface area contributed by atoms with Crippen LogP contribution in [0.4, 0.5) is 11.4 Å². The highest BCUT2D eigenvalue weighted by Crippen LogP contribution is 2.53. The average Bonchev–Trinajstić information content (AvgIpc) is 3.96. The molecule has 3 unspecified atom stereocenters. The van der Waals surface area contributed by atoms with E-state index in [1.54, 1.807) is 22.7 Å². The van der Waals surface area contributed by atoms with Gasteiger partial charge in [-0.3, -0.25) is 9.59 Å². The molecule has 8 rings (SSSR count). The van der Waals surface area contributed by atoms with Gasteiger partial charge >= 0.3 is 5.97 Å². The maximum Gasteiger partial charge on any atom is 0.325 e. The molecule has 1 amide bonds. The van der Waals surface area contributed by atoms with Crippen molar-refractivity contribution >= 4 is 57.7 Å². The zero-order chi connectivity index (χ0) is 33.6. The summed E-state index contributed by atoms with van der Waals surface area (Å²) in [5.74, 6) is -1.13. The standard InChI is InChI=1S/C41H37N3O3S2/c1-3-25-8-10-26(11-9-25)27-12-15-29(16-13-27)44-35-7-5-6-31(35)32-22-28(14-18-36(32)44)37-20-21-39(49-37)38-19-17-30(48-38)23-33-34(4-2)42-43(41(33)47)24-40(45)46/h3,8-22,31,33,35H,1,4-7,23-24H2,2H3,(H,45,46). The predicted octanol–water partition coefficient (Wildman–Crippen LogP) is 10.1. The number of hydrogen-bond acceptors (Lipinski definition) is 6. The molecule has 0 bridgehead atoms. The molecule has 0 radical (unpaired) electrons. The Morgan fingerprint density at radius 1 is 0.898 bits per heavy atom. The first-order chi connectivity index (χ1) is 23.9. The second-order valence-corrected chi connectivity index (χ2v) is 15.3.